The van der Waals surface area contributed by atoms with E-state index in [1.807, 2.05) is 0 Å². The highest BCUT2D eigenvalue weighted by molar-refractivity contribution is 8.00. The van der Waals surface area contributed by atoms with Crippen LogP contribution in [0.15, 0.2) is 21.9 Å². The number of halogens is 3. The molecular weight excluding hydrogens is 287 g/mol. The highest BCUT2D eigenvalue weighted by Crippen LogP contribution is 2.38. The van der Waals surface area contributed by atoms with Gasteiger partial charge < -0.3 is 4.74 Å². The Bertz CT molecular complexity index is 523. The van der Waals surface area contributed by atoms with Gasteiger partial charge in [-0.05, 0) is 23.9 Å². The van der Waals surface area contributed by atoms with Gasteiger partial charge in [0.2, 0.25) is 0 Å². The van der Waals surface area contributed by atoms with E-state index in [9.17, 15) is 18.0 Å². The fourth-order valence-electron chi connectivity index (χ4n) is 1.18. The minimum absolute atomic E-state index is 0.00727. The second-order valence-corrected chi connectivity index (χ2v) is 4.64. The van der Waals surface area contributed by atoms with Gasteiger partial charge in [-0.2, -0.15) is 18.4 Å². The van der Waals surface area contributed by atoms with E-state index in [4.69, 9.17) is 5.26 Å². The molecule has 8 heteroatoms. The summed E-state index contributed by atoms with van der Waals surface area (Å²) < 4.78 is 41.1. The van der Waals surface area contributed by atoms with Crippen LogP contribution in [0.3, 0.4) is 0 Å². The maximum atomic E-state index is 12.2. The van der Waals surface area contributed by atoms with Gasteiger partial charge in [0, 0.05) is 9.79 Å². The van der Waals surface area contributed by atoms with E-state index in [1.54, 1.807) is 6.07 Å². The number of alkyl halides is 3. The number of thiol groups is 1. The maximum Gasteiger partial charge on any atom is 0.446 e. The summed E-state index contributed by atoms with van der Waals surface area (Å²) >= 11 is 3.50. The molecule has 0 radical (unpaired) electrons. The molecular formula is C10H6F3NO2S2. The first kappa shape index (κ1) is 14.7. The molecule has 0 aliphatic rings. The number of hydrogen-bond acceptors (Lipinski definition) is 5. The fraction of sp³-hybridized carbons (Fsp3) is 0.200. The van der Waals surface area contributed by atoms with Gasteiger partial charge in [0.05, 0.1) is 18.2 Å². The lowest BCUT2D eigenvalue weighted by Crippen LogP contribution is -2.06. The lowest BCUT2D eigenvalue weighted by molar-refractivity contribution is -0.0328. The number of hydrogen-bond donors (Lipinski definition) is 1. The van der Waals surface area contributed by atoms with Crippen molar-refractivity contribution in [3.05, 3.63) is 23.3 Å². The van der Waals surface area contributed by atoms with Crippen molar-refractivity contribution in [3.63, 3.8) is 0 Å². The molecule has 0 N–H and O–H groups in total. The zero-order valence-electron chi connectivity index (χ0n) is 8.91. The van der Waals surface area contributed by atoms with E-state index >= 15 is 0 Å². The van der Waals surface area contributed by atoms with Gasteiger partial charge in [0.1, 0.15) is 6.07 Å². The Morgan fingerprint density at radius 1 is 1.50 bits per heavy atom. The summed E-state index contributed by atoms with van der Waals surface area (Å²) in [7, 11) is 1.07. The molecule has 0 atom stereocenters. The first-order valence-electron chi connectivity index (χ1n) is 4.39. The third-order valence-corrected chi connectivity index (χ3v) is 2.90. The number of methoxy groups -OCH3 is 1. The average molecular weight is 293 g/mol. The number of thioether (sulfide) groups is 1. The van der Waals surface area contributed by atoms with Crippen LogP contribution in [0.2, 0.25) is 0 Å². The molecule has 18 heavy (non-hydrogen) atoms. The zero-order chi connectivity index (χ0) is 13.9. The number of nitriles is 1. The van der Waals surface area contributed by atoms with Crippen LogP contribution in [-0.2, 0) is 4.74 Å². The molecule has 0 bridgehead atoms. The van der Waals surface area contributed by atoms with E-state index < -0.39 is 11.5 Å². The smallest absolute Gasteiger partial charge is 0.446 e. The molecule has 0 aliphatic heterocycles. The number of nitrogens with zero attached hydrogens (tertiary/aromatic N) is 1. The van der Waals surface area contributed by atoms with Crippen LogP contribution in [0, 0.1) is 11.3 Å². The number of ether oxygens (including phenoxy) is 1. The van der Waals surface area contributed by atoms with E-state index in [2.05, 4.69) is 17.4 Å². The van der Waals surface area contributed by atoms with Gasteiger partial charge in [0.25, 0.3) is 0 Å². The average Bonchev–Trinajstić information content (AvgIpc) is 2.25. The molecule has 0 saturated heterocycles. The Balaban J connectivity index is 3.32. The summed E-state index contributed by atoms with van der Waals surface area (Å²) in [5.74, 6) is -0.883. The Morgan fingerprint density at radius 3 is 2.56 bits per heavy atom. The normalized spacial score (nSPS) is 10.9. The summed E-state index contributed by atoms with van der Waals surface area (Å²) in [6, 6.07) is 3.74. The molecule has 0 heterocycles. The van der Waals surface area contributed by atoms with Crippen LogP contribution in [0.4, 0.5) is 13.2 Å². The van der Waals surface area contributed by atoms with Crippen molar-refractivity contribution < 1.29 is 22.7 Å². The number of carbonyl (C=O) groups excluding carboxylic acids is 1. The molecule has 1 rings (SSSR count). The third-order valence-electron chi connectivity index (χ3n) is 1.84. The molecule has 0 fully saturated rings. The van der Waals surface area contributed by atoms with E-state index in [1.165, 1.54) is 0 Å². The van der Waals surface area contributed by atoms with Crippen molar-refractivity contribution >= 4 is 30.4 Å². The first-order chi connectivity index (χ1) is 8.28. The van der Waals surface area contributed by atoms with Crippen LogP contribution < -0.4 is 0 Å². The molecule has 0 saturated carbocycles. The van der Waals surface area contributed by atoms with Gasteiger partial charge in [-0.1, -0.05) is 0 Å². The van der Waals surface area contributed by atoms with Crippen molar-refractivity contribution in [1.82, 2.24) is 0 Å². The summed E-state index contributed by atoms with van der Waals surface area (Å²) in [6.45, 7) is 0. The maximum absolute atomic E-state index is 12.2. The summed E-state index contributed by atoms with van der Waals surface area (Å²) in [5, 5.41) is 8.83. The molecule has 3 nitrogen and oxygen atoms in total. The molecule has 96 valence electrons. The highest BCUT2D eigenvalue weighted by atomic mass is 32.2. The predicted molar refractivity (Wildman–Crippen MR) is 61.7 cm³/mol. The summed E-state index contributed by atoms with van der Waals surface area (Å²) in [5.41, 5.74) is -4.84. The van der Waals surface area contributed by atoms with Crippen LogP contribution in [0.5, 0.6) is 0 Å². The van der Waals surface area contributed by atoms with Crippen molar-refractivity contribution in [2.24, 2.45) is 0 Å². The molecule has 0 aliphatic carbocycles. The number of benzene rings is 1. The van der Waals surface area contributed by atoms with Crippen molar-refractivity contribution in [2.45, 2.75) is 15.3 Å². The van der Waals surface area contributed by atoms with Crippen molar-refractivity contribution in [2.75, 3.05) is 7.11 Å². The molecule has 0 spiro atoms. The van der Waals surface area contributed by atoms with Gasteiger partial charge in [-0.25, -0.2) is 4.79 Å². The molecule has 0 unspecified atom stereocenters. The van der Waals surface area contributed by atoms with Crippen molar-refractivity contribution in [3.8, 4) is 6.07 Å². The summed E-state index contributed by atoms with van der Waals surface area (Å²) in [6.07, 6.45) is 0. The SMILES string of the molecule is COC(=O)c1cc(SC(F)(F)F)cc(S)c1C#N. The van der Waals surface area contributed by atoms with Crippen LogP contribution in [0.25, 0.3) is 0 Å². The first-order valence-corrected chi connectivity index (χ1v) is 5.66. The lowest BCUT2D eigenvalue weighted by Gasteiger charge is -2.09. The lowest BCUT2D eigenvalue weighted by atomic mass is 10.1. The standard InChI is InChI=1S/C10H6F3NO2S2/c1-16-9(15)6-2-5(18-10(11,12)13)3-8(17)7(6)4-14/h2-3,17H,1H3. The fourth-order valence-corrected chi connectivity index (χ4v) is 2.20. The molecule has 1 aromatic rings. The Labute approximate surface area is 110 Å². The second kappa shape index (κ2) is 5.54. The summed E-state index contributed by atoms with van der Waals surface area (Å²) in [4.78, 5) is 11.1. The Morgan fingerprint density at radius 2 is 2.11 bits per heavy atom. The van der Waals surface area contributed by atoms with Crippen LogP contribution in [-0.4, -0.2) is 18.6 Å². The quantitative estimate of drug-likeness (QED) is 0.516. The molecule has 0 aromatic heterocycles. The molecule has 0 amide bonds. The minimum Gasteiger partial charge on any atom is -0.465 e. The van der Waals surface area contributed by atoms with Crippen LogP contribution >= 0.6 is 24.4 Å². The van der Waals surface area contributed by atoms with Gasteiger partial charge >= 0.3 is 11.5 Å². The molecule has 1 aromatic carbocycles. The monoisotopic (exact) mass is 293 g/mol. The van der Waals surface area contributed by atoms with Crippen molar-refractivity contribution in [1.29, 1.82) is 5.26 Å². The predicted octanol–water partition coefficient (Wildman–Crippen LogP) is 3.25. The second-order valence-electron chi connectivity index (χ2n) is 3.02. The van der Waals surface area contributed by atoms with E-state index in [-0.39, 0.29) is 32.7 Å². The number of rotatable bonds is 2. The Hall–Kier alpha value is -1.33. The van der Waals surface area contributed by atoms with Gasteiger partial charge in [-0.15, -0.1) is 12.6 Å². The van der Waals surface area contributed by atoms with Gasteiger partial charge in [0.15, 0.2) is 0 Å². The zero-order valence-corrected chi connectivity index (χ0v) is 10.6. The van der Waals surface area contributed by atoms with E-state index in [0.717, 1.165) is 19.2 Å². The highest BCUT2D eigenvalue weighted by Gasteiger charge is 2.30. The third kappa shape index (κ3) is 3.58. The minimum atomic E-state index is -4.48. The van der Waals surface area contributed by atoms with Crippen LogP contribution in [0.1, 0.15) is 15.9 Å². The largest absolute Gasteiger partial charge is 0.465 e. The van der Waals surface area contributed by atoms with E-state index in [0.29, 0.717) is 0 Å². The Kier molecular flexibility index (Phi) is 4.53. The topological polar surface area (TPSA) is 50.1 Å². The number of carbonyl (C=O) groups is 1. The number of esters is 1. The van der Waals surface area contributed by atoms with Gasteiger partial charge in [-0.3, -0.25) is 0 Å².